The van der Waals surface area contributed by atoms with E-state index in [0.717, 1.165) is 12.8 Å². The van der Waals surface area contributed by atoms with Crippen molar-refractivity contribution in [3.05, 3.63) is 0 Å². The summed E-state index contributed by atoms with van der Waals surface area (Å²) in [7, 11) is 0. The standard InChI is InChI=1S/C8H17O2/c1-4-7(2)5-6-10-8(3)9/h7-8H,4-6H2,1-3H3. The van der Waals surface area contributed by atoms with Crippen LogP contribution in [0.15, 0.2) is 0 Å². The fourth-order valence-electron chi connectivity index (χ4n) is 0.639. The fraction of sp³-hybridized carbons (Fsp3) is 1.00. The van der Waals surface area contributed by atoms with Crippen LogP contribution in [0.1, 0.15) is 33.6 Å². The van der Waals surface area contributed by atoms with Crippen molar-refractivity contribution >= 4 is 0 Å². The van der Waals surface area contributed by atoms with E-state index in [9.17, 15) is 5.11 Å². The number of hydrogen-bond donors (Lipinski definition) is 0. The van der Waals surface area contributed by atoms with Crippen LogP contribution >= 0.6 is 0 Å². The molecule has 0 aliphatic heterocycles. The van der Waals surface area contributed by atoms with Crippen LogP contribution in [0.3, 0.4) is 0 Å². The largest absolute Gasteiger partial charge is 0.350 e. The van der Waals surface area contributed by atoms with Crippen LogP contribution < -0.4 is 0 Å². The normalized spacial score (nSPS) is 16.8. The highest BCUT2D eigenvalue weighted by atomic mass is 16.6. The van der Waals surface area contributed by atoms with Crippen molar-refractivity contribution in [1.29, 1.82) is 0 Å². The van der Waals surface area contributed by atoms with Gasteiger partial charge in [0.2, 0.25) is 0 Å². The Kier molecular flexibility index (Phi) is 5.64. The first-order valence-corrected chi connectivity index (χ1v) is 3.94. The quantitative estimate of drug-likeness (QED) is 0.545. The molecule has 0 aromatic carbocycles. The van der Waals surface area contributed by atoms with E-state index in [-0.39, 0.29) is 0 Å². The third-order valence-corrected chi connectivity index (χ3v) is 1.66. The summed E-state index contributed by atoms with van der Waals surface area (Å²) in [5.41, 5.74) is 0. The van der Waals surface area contributed by atoms with E-state index in [2.05, 4.69) is 13.8 Å². The highest BCUT2D eigenvalue weighted by Crippen LogP contribution is 2.06. The van der Waals surface area contributed by atoms with Gasteiger partial charge in [-0.3, -0.25) is 0 Å². The molecule has 0 aliphatic rings. The van der Waals surface area contributed by atoms with E-state index in [4.69, 9.17) is 4.74 Å². The molecule has 0 bridgehead atoms. The van der Waals surface area contributed by atoms with E-state index >= 15 is 0 Å². The lowest BCUT2D eigenvalue weighted by atomic mass is 10.1. The Morgan fingerprint density at radius 1 is 1.40 bits per heavy atom. The molecule has 0 saturated heterocycles. The Morgan fingerprint density at radius 2 is 2.00 bits per heavy atom. The number of rotatable bonds is 5. The molecule has 2 heteroatoms. The van der Waals surface area contributed by atoms with E-state index < -0.39 is 6.29 Å². The Balaban J connectivity index is 3.03. The van der Waals surface area contributed by atoms with Gasteiger partial charge in [-0.25, -0.2) is 5.11 Å². The summed E-state index contributed by atoms with van der Waals surface area (Å²) in [6.45, 7) is 6.44. The average Bonchev–Trinajstić information content (AvgIpc) is 1.87. The van der Waals surface area contributed by atoms with Gasteiger partial charge in [0.05, 0.1) is 6.61 Å². The predicted molar refractivity (Wildman–Crippen MR) is 40.2 cm³/mol. The van der Waals surface area contributed by atoms with Gasteiger partial charge in [-0.15, -0.1) is 0 Å². The minimum Gasteiger partial charge on any atom is -0.350 e. The maximum absolute atomic E-state index is 10.4. The molecule has 0 aliphatic carbocycles. The zero-order valence-electron chi connectivity index (χ0n) is 7.09. The average molecular weight is 145 g/mol. The lowest BCUT2D eigenvalue weighted by Crippen LogP contribution is -2.08. The van der Waals surface area contributed by atoms with Gasteiger partial charge in [-0.2, -0.15) is 0 Å². The molecule has 2 unspecified atom stereocenters. The van der Waals surface area contributed by atoms with Crippen molar-refractivity contribution in [2.45, 2.75) is 39.9 Å². The molecule has 0 saturated carbocycles. The first kappa shape index (κ1) is 9.92. The molecule has 0 rings (SSSR count). The second kappa shape index (κ2) is 5.69. The SMILES string of the molecule is CCC(C)CCOC(C)[O]. The van der Waals surface area contributed by atoms with Crippen molar-refractivity contribution in [2.75, 3.05) is 6.61 Å². The van der Waals surface area contributed by atoms with Gasteiger partial charge in [-0.1, -0.05) is 20.3 Å². The molecule has 0 heterocycles. The van der Waals surface area contributed by atoms with Gasteiger partial charge in [0.1, 0.15) is 0 Å². The summed E-state index contributed by atoms with van der Waals surface area (Å²) in [6, 6.07) is 0. The van der Waals surface area contributed by atoms with Gasteiger partial charge in [0.15, 0.2) is 6.29 Å². The molecule has 0 amide bonds. The molecule has 2 atom stereocenters. The zero-order valence-corrected chi connectivity index (χ0v) is 7.09. The van der Waals surface area contributed by atoms with Gasteiger partial charge >= 0.3 is 0 Å². The van der Waals surface area contributed by atoms with Crippen molar-refractivity contribution < 1.29 is 9.84 Å². The Bertz CT molecular complexity index is 71.7. The Morgan fingerprint density at radius 3 is 2.40 bits per heavy atom. The molecule has 0 aromatic rings. The third kappa shape index (κ3) is 6.05. The van der Waals surface area contributed by atoms with E-state index in [1.54, 1.807) is 0 Å². The molecule has 0 fully saturated rings. The van der Waals surface area contributed by atoms with Crippen molar-refractivity contribution in [3.63, 3.8) is 0 Å². The lowest BCUT2D eigenvalue weighted by Gasteiger charge is -2.08. The maximum Gasteiger partial charge on any atom is 0.188 e. The smallest absolute Gasteiger partial charge is 0.188 e. The molecule has 61 valence electrons. The Labute approximate surface area is 63.2 Å². The zero-order chi connectivity index (χ0) is 7.98. The summed E-state index contributed by atoms with van der Waals surface area (Å²) in [4.78, 5) is 0. The topological polar surface area (TPSA) is 29.1 Å². The summed E-state index contributed by atoms with van der Waals surface area (Å²) >= 11 is 0. The maximum atomic E-state index is 10.4. The molecule has 0 N–H and O–H groups in total. The van der Waals surface area contributed by atoms with Crippen LogP contribution in [0.4, 0.5) is 0 Å². The van der Waals surface area contributed by atoms with Crippen LogP contribution in [0.5, 0.6) is 0 Å². The lowest BCUT2D eigenvalue weighted by molar-refractivity contribution is -0.128. The van der Waals surface area contributed by atoms with E-state index in [1.807, 2.05) is 0 Å². The van der Waals surface area contributed by atoms with Gasteiger partial charge in [0.25, 0.3) is 0 Å². The van der Waals surface area contributed by atoms with Crippen molar-refractivity contribution in [1.82, 2.24) is 0 Å². The second-order valence-corrected chi connectivity index (χ2v) is 2.74. The highest BCUT2D eigenvalue weighted by Gasteiger charge is 2.00. The summed E-state index contributed by atoms with van der Waals surface area (Å²) in [6.07, 6.45) is 1.31. The fourth-order valence-corrected chi connectivity index (χ4v) is 0.639. The third-order valence-electron chi connectivity index (χ3n) is 1.66. The van der Waals surface area contributed by atoms with Gasteiger partial charge in [-0.05, 0) is 19.3 Å². The number of ether oxygens (including phenoxy) is 1. The first-order chi connectivity index (χ1) is 4.66. The van der Waals surface area contributed by atoms with Gasteiger partial charge in [0, 0.05) is 0 Å². The number of hydrogen-bond acceptors (Lipinski definition) is 1. The molecular formula is C8H17O2. The summed E-state index contributed by atoms with van der Waals surface area (Å²) in [5, 5.41) is 10.4. The van der Waals surface area contributed by atoms with Crippen LogP contribution in [-0.4, -0.2) is 12.9 Å². The summed E-state index contributed by atoms with van der Waals surface area (Å²) in [5.74, 6) is 0.679. The Hall–Kier alpha value is -0.0800. The first-order valence-electron chi connectivity index (χ1n) is 3.94. The molecule has 0 aromatic heterocycles. The van der Waals surface area contributed by atoms with E-state index in [0.29, 0.717) is 12.5 Å². The molecular weight excluding hydrogens is 128 g/mol. The second-order valence-electron chi connectivity index (χ2n) is 2.74. The molecule has 2 nitrogen and oxygen atoms in total. The van der Waals surface area contributed by atoms with Crippen LogP contribution in [0, 0.1) is 5.92 Å². The van der Waals surface area contributed by atoms with Crippen molar-refractivity contribution in [2.24, 2.45) is 5.92 Å². The molecule has 1 radical (unpaired) electrons. The van der Waals surface area contributed by atoms with Gasteiger partial charge < -0.3 is 4.74 Å². The highest BCUT2D eigenvalue weighted by molar-refractivity contribution is 4.47. The monoisotopic (exact) mass is 145 g/mol. The van der Waals surface area contributed by atoms with Crippen LogP contribution in [0.2, 0.25) is 0 Å². The minimum absolute atomic E-state index is 0.611. The van der Waals surface area contributed by atoms with Crippen molar-refractivity contribution in [3.8, 4) is 0 Å². The van der Waals surface area contributed by atoms with Crippen LogP contribution in [0.25, 0.3) is 0 Å². The van der Waals surface area contributed by atoms with E-state index in [1.165, 1.54) is 6.92 Å². The molecule has 0 spiro atoms. The van der Waals surface area contributed by atoms with Crippen LogP contribution in [-0.2, 0) is 9.84 Å². The predicted octanol–water partition coefficient (Wildman–Crippen LogP) is 2.22. The summed E-state index contributed by atoms with van der Waals surface area (Å²) < 4.78 is 4.86. The minimum atomic E-state index is -0.857. The molecule has 10 heavy (non-hydrogen) atoms.